The average Bonchev–Trinajstić information content (AvgIpc) is 4.18. The van der Waals surface area contributed by atoms with Crippen LogP contribution in [0.2, 0.25) is 0 Å². The van der Waals surface area contributed by atoms with Crippen molar-refractivity contribution in [3.8, 4) is 23.1 Å². The Hall–Kier alpha value is -9.92. The van der Waals surface area contributed by atoms with Crippen molar-refractivity contribution in [1.29, 1.82) is 5.26 Å². The molecule has 0 fully saturated rings. The predicted octanol–water partition coefficient (Wildman–Crippen LogP) is 18.4. The fourth-order valence-electron chi connectivity index (χ4n) is 11.7. The summed E-state index contributed by atoms with van der Waals surface area (Å²) in [6.07, 6.45) is 0. The van der Waals surface area contributed by atoms with Crippen LogP contribution in [0.15, 0.2) is 231 Å². The second kappa shape index (κ2) is 15.8. The number of rotatable bonds is 6. The lowest BCUT2D eigenvalue weighted by Crippen LogP contribution is -2.09. The maximum atomic E-state index is 11.4. The minimum absolute atomic E-state index is 0.445. The van der Waals surface area contributed by atoms with Crippen molar-refractivity contribution in [2.45, 2.75) is 0 Å². The molecule has 0 atom stereocenters. The Morgan fingerprint density at radius 3 is 1.71 bits per heavy atom. The molecule has 0 bridgehead atoms. The van der Waals surface area contributed by atoms with Crippen molar-refractivity contribution in [3.63, 3.8) is 0 Å². The summed E-state index contributed by atoms with van der Waals surface area (Å²) in [7, 11) is 0. The van der Waals surface area contributed by atoms with Crippen molar-refractivity contribution in [2.24, 2.45) is 0 Å². The van der Waals surface area contributed by atoms with E-state index in [0.29, 0.717) is 22.6 Å². The Balaban J connectivity index is 0.988. The van der Waals surface area contributed by atoms with Crippen molar-refractivity contribution in [3.05, 3.63) is 248 Å². The minimum atomic E-state index is 0.445. The first kappa shape index (κ1) is 40.9. The zero-order valence-electron chi connectivity index (χ0n) is 39.0. The first-order chi connectivity index (χ1) is 36.1. The number of nitriles is 1. The fraction of sp³-hybridized carbons (Fsp3) is 0. The number of hydrogen-bond acceptors (Lipinski definition) is 3. The number of thiophene rings is 1. The lowest BCUT2D eigenvalue weighted by atomic mass is 10.0. The number of nitrogens with zero attached hydrogens (tertiary/aromatic N) is 6. The Morgan fingerprint density at radius 1 is 0.397 bits per heavy atom. The largest absolute Gasteiger partial charge is 0.319 e. The molecule has 0 N–H and O–H groups in total. The van der Waals surface area contributed by atoms with Crippen LogP contribution in [-0.4, -0.2) is 13.7 Å². The number of fused-ring (bicyclic) bond motifs is 14. The smallest absolute Gasteiger partial charge is 0.212 e. The molecule has 15 aromatic rings. The number of para-hydroxylation sites is 4. The second-order valence-electron chi connectivity index (χ2n) is 18.7. The summed E-state index contributed by atoms with van der Waals surface area (Å²) < 4.78 is 9.16. The van der Waals surface area contributed by atoms with E-state index in [1.165, 1.54) is 26.2 Å². The van der Waals surface area contributed by atoms with Gasteiger partial charge in [-0.25, -0.2) is 4.85 Å². The highest BCUT2D eigenvalue weighted by molar-refractivity contribution is 7.25. The summed E-state index contributed by atoms with van der Waals surface area (Å²) in [4.78, 5) is 6.60. The van der Waals surface area contributed by atoms with Gasteiger partial charge in [-0.15, -0.1) is 11.3 Å². The van der Waals surface area contributed by atoms with E-state index in [1.54, 1.807) is 11.3 Å². The zero-order chi connectivity index (χ0) is 48.3. The third-order valence-corrected chi connectivity index (χ3v) is 16.0. The summed E-state index contributed by atoms with van der Waals surface area (Å²) in [6, 6.07) is 84.0. The molecule has 0 saturated carbocycles. The fourth-order valence-corrected chi connectivity index (χ4v) is 12.8. The van der Waals surface area contributed by atoms with Crippen LogP contribution in [0.4, 0.5) is 22.7 Å². The molecule has 0 amide bonds. The van der Waals surface area contributed by atoms with E-state index in [4.69, 9.17) is 6.57 Å². The maximum Gasteiger partial charge on any atom is 0.212 e. The van der Waals surface area contributed by atoms with Crippen molar-refractivity contribution < 1.29 is 0 Å². The Morgan fingerprint density at radius 2 is 0.986 bits per heavy atom. The van der Waals surface area contributed by atoms with E-state index in [0.717, 1.165) is 92.9 Å². The molecular formula is C66H38N6S. The lowest BCUT2D eigenvalue weighted by molar-refractivity contribution is 1.14. The topological polar surface area (TPSA) is 46.2 Å². The zero-order valence-corrected chi connectivity index (χ0v) is 39.8. The number of anilines is 3. The Bertz CT molecular complexity index is 4790. The second-order valence-corrected chi connectivity index (χ2v) is 19.8. The summed E-state index contributed by atoms with van der Waals surface area (Å²) in [5.74, 6) is 0. The predicted molar refractivity (Wildman–Crippen MR) is 306 cm³/mol. The van der Waals surface area contributed by atoms with Gasteiger partial charge in [0.1, 0.15) is 6.07 Å². The molecule has 4 heterocycles. The van der Waals surface area contributed by atoms with Crippen LogP contribution >= 0.6 is 11.3 Å². The van der Waals surface area contributed by atoms with Gasteiger partial charge in [0.05, 0.1) is 56.6 Å². The number of aromatic nitrogens is 3. The highest BCUT2D eigenvalue weighted by Gasteiger charge is 2.25. The molecular weight excluding hydrogens is 909 g/mol. The molecule has 73 heavy (non-hydrogen) atoms. The van der Waals surface area contributed by atoms with E-state index in [9.17, 15) is 5.26 Å². The molecule has 0 spiro atoms. The van der Waals surface area contributed by atoms with Crippen LogP contribution in [0, 0.1) is 17.9 Å². The van der Waals surface area contributed by atoms with Gasteiger partial charge in [-0.3, -0.25) is 0 Å². The van der Waals surface area contributed by atoms with Gasteiger partial charge in [0, 0.05) is 75.2 Å². The van der Waals surface area contributed by atoms with Crippen molar-refractivity contribution >= 4 is 130 Å². The highest BCUT2D eigenvalue weighted by atomic mass is 32.1. The van der Waals surface area contributed by atoms with E-state index in [2.05, 4.69) is 236 Å². The van der Waals surface area contributed by atoms with Crippen LogP contribution in [0.5, 0.6) is 0 Å². The van der Waals surface area contributed by atoms with Gasteiger partial charge in [0.15, 0.2) is 0 Å². The van der Waals surface area contributed by atoms with Crippen LogP contribution in [0.25, 0.3) is 118 Å². The first-order valence-corrected chi connectivity index (χ1v) is 25.2. The number of hydrogen-bond donors (Lipinski definition) is 0. The standard InChI is InChI=1S/C66H38N6S/c1-68-55-38-61(72-58-32-30-46(70-56-25-13-10-22-48(56)49-23-11-14-26-57(49)70)35-51(58)52-37-53-50-24-12-15-27-64(50)73-65(53)39-62(52)72)42(40-67)34-63(55)71-59-33-29-45(69(43-17-4-2-5-18-43)44-19-6-3-7-20-44)36-54(59)66-47-21-9-8-16-41(47)28-31-60(66)71/h2-39H. The number of benzene rings is 11. The van der Waals surface area contributed by atoms with Crippen LogP contribution < -0.4 is 4.90 Å². The third kappa shape index (κ3) is 6.01. The maximum absolute atomic E-state index is 11.4. The molecule has 0 aliphatic carbocycles. The van der Waals surface area contributed by atoms with Gasteiger partial charge in [-0.1, -0.05) is 121 Å². The van der Waals surface area contributed by atoms with Gasteiger partial charge in [0.2, 0.25) is 5.69 Å². The molecule has 4 aromatic heterocycles. The molecule has 338 valence electrons. The molecule has 15 rings (SSSR count). The van der Waals surface area contributed by atoms with Gasteiger partial charge in [-0.05, 0) is 120 Å². The summed E-state index contributed by atoms with van der Waals surface area (Å²) in [5.41, 5.74) is 12.5. The molecule has 11 aromatic carbocycles. The molecule has 0 unspecified atom stereocenters. The Kier molecular flexibility index (Phi) is 8.86. The summed E-state index contributed by atoms with van der Waals surface area (Å²) in [6.45, 7) is 8.91. The molecule has 6 nitrogen and oxygen atoms in total. The molecule has 0 aliphatic rings. The van der Waals surface area contributed by atoms with Gasteiger partial charge in [-0.2, -0.15) is 5.26 Å². The monoisotopic (exact) mass is 946 g/mol. The van der Waals surface area contributed by atoms with Crippen molar-refractivity contribution in [1.82, 2.24) is 13.7 Å². The summed E-state index contributed by atoms with van der Waals surface area (Å²) in [5, 5.41) is 22.8. The lowest BCUT2D eigenvalue weighted by Gasteiger charge is -2.25. The van der Waals surface area contributed by atoms with Crippen molar-refractivity contribution in [2.75, 3.05) is 4.90 Å². The molecule has 0 saturated heterocycles. The molecule has 7 heteroatoms. The Labute approximate surface area is 422 Å². The van der Waals surface area contributed by atoms with Crippen LogP contribution in [0.3, 0.4) is 0 Å². The molecule has 0 aliphatic heterocycles. The molecule has 0 radical (unpaired) electrons. The van der Waals surface area contributed by atoms with Gasteiger partial charge < -0.3 is 18.6 Å². The van der Waals surface area contributed by atoms with E-state index in [1.807, 2.05) is 24.3 Å². The van der Waals surface area contributed by atoms with E-state index >= 15 is 0 Å². The van der Waals surface area contributed by atoms with Gasteiger partial charge >= 0.3 is 0 Å². The average molecular weight is 947 g/mol. The summed E-state index contributed by atoms with van der Waals surface area (Å²) >= 11 is 1.78. The van der Waals surface area contributed by atoms with E-state index in [-0.39, 0.29) is 0 Å². The third-order valence-electron chi connectivity index (χ3n) is 14.8. The highest BCUT2D eigenvalue weighted by Crippen LogP contribution is 2.46. The van der Waals surface area contributed by atoms with Crippen LogP contribution in [-0.2, 0) is 0 Å². The van der Waals surface area contributed by atoms with Crippen LogP contribution in [0.1, 0.15) is 5.56 Å². The van der Waals surface area contributed by atoms with Gasteiger partial charge in [0.25, 0.3) is 0 Å². The SMILES string of the molecule is [C-]#[N+]c1cc(-n2c3ccc(-n4c5ccccc5c5ccccc54)cc3c3cc4c(cc32)sc2ccccc24)c(C#N)cc1-n1c2ccc(N(c3ccccc3)c3ccccc3)cc2c2c3ccccc3ccc21. The van der Waals surface area contributed by atoms with E-state index < -0.39 is 0 Å². The quantitative estimate of drug-likeness (QED) is 0.156. The minimum Gasteiger partial charge on any atom is -0.319 e. The first-order valence-electron chi connectivity index (χ1n) is 24.3. The normalized spacial score (nSPS) is 11.8.